The van der Waals surface area contributed by atoms with E-state index in [2.05, 4.69) is 39.3 Å². The van der Waals surface area contributed by atoms with Crippen molar-refractivity contribution >= 4 is 22.9 Å². The third kappa shape index (κ3) is 4.90. The first-order valence-electron chi connectivity index (χ1n) is 10.3. The number of benzene rings is 2. The Balaban J connectivity index is 1.54. The Kier molecular flexibility index (Phi) is 6.37. The number of nitrogens with one attached hydrogen (secondary N) is 2. The second-order valence-corrected chi connectivity index (χ2v) is 7.43. The van der Waals surface area contributed by atoms with Gasteiger partial charge < -0.3 is 10.6 Å². The molecule has 2 heterocycles. The van der Waals surface area contributed by atoms with Gasteiger partial charge in [0.25, 0.3) is 5.91 Å². The van der Waals surface area contributed by atoms with Crippen molar-refractivity contribution < 1.29 is 4.79 Å². The van der Waals surface area contributed by atoms with Gasteiger partial charge in [0.1, 0.15) is 0 Å². The van der Waals surface area contributed by atoms with Gasteiger partial charge in [-0.2, -0.15) is 0 Å². The zero-order chi connectivity index (χ0) is 22.3. The Morgan fingerprint density at radius 2 is 1.72 bits per heavy atom. The van der Waals surface area contributed by atoms with E-state index in [1.807, 2.05) is 67.8 Å². The highest BCUT2D eigenvalue weighted by Gasteiger charge is 2.15. The van der Waals surface area contributed by atoms with Gasteiger partial charge in [0.05, 0.1) is 11.9 Å². The van der Waals surface area contributed by atoms with Gasteiger partial charge in [0, 0.05) is 48.0 Å². The largest absolute Gasteiger partial charge is 0.388 e. The highest BCUT2D eigenvalue weighted by atomic mass is 16.1. The van der Waals surface area contributed by atoms with Gasteiger partial charge >= 0.3 is 0 Å². The third-order valence-electron chi connectivity index (χ3n) is 5.19. The summed E-state index contributed by atoms with van der Waals surface area (Å²) in [6.45, 7) is 4.07. The maximum Gasteiger partial charge on any atom is 0.255 e. The number of aromatic nitrogens is 2. The predicted molar refractivity (Wildman–Crippen MR) is 130 cm³/mol. The van der Waals surface area contributed by atoms with Crippen LogP contribution >= 0.6 is 0 Å². The van der Waals surface area contributed by atoms with Crippen molar-refractivity contribution in [2.45, 2.75) is 6.42 Å². The minimum Gasteiger partial charge on any atom is -0.388 e. The lowest BCUT2D eigenvalue weighted by molar-refractivity contribution is -0.111. The average Bonchev–Trinajstić information content (AvgIpc) is 2.84. The highest BCUT2D eigenvalue weighted by molar-refractivity contribution is 6.25. The number of nitrogens with zero attached hydrogens (tertiary/aromatic N) is 2. The van der Waals surface area contributed by atoms with Gasteiger partial charge in [-0.1, -0.05) is 49.0 Å². The molecule has 2 N–H and O–H groups in total. The first-order valence-corrected chi connectivity index (χ1v) is 10.3. The lowest BCUT2D eigenvalue weighted by atomic mass is 9.98. The number of carbonyl (C=O) groups excluding carboxylic acids is 1. The fourth-order valence-electron chi connectivity index (χ4n) is 3.54. The molecule has 158 valence electrons. The molecule has 4 aromatic rings. The molecule has 4 rings (SSSR count). The van der Waals surface area contributed by atoms with Crippen LogP contribution in [0, 0.1) is 0 Å². The van der Waals surface area contributed by atoms with E-state index in [1.54, 1.807) is 18.6 Å². The van der Waals surface area contributed by atoms with E-state index in [4.69, 9.17) is 0 Å². The van der Waals surface area contributed by atoms with E-state index in [0.717, 1.165) is 34.4 Å². The molecule has 0 bridgehead atoms. The van der Waals surface area contributed by atoms with Crippen molar-refractivity contribution in [3.8, 4) is 11.1 Å². The number of hydrogen-bond donors (Lipinski definition) is 2. The smallest absolute Gasteiger partial charge is 0.255 e. The molecule has 0 radical (unpaired) electrons. The standard InChI is InChI=1S/C27H24N4O/c1-19(25-15-22(10-11-26(25)28-2)23-9-6-12-29-17-23)27(32)31-24-14-21(16-30-18-24)13-20-7-4-3-5-8-20/h3-12,14-18,28H,1,13H2,2H3,(H,31,32). The van der Waals surface area contributed by atoms with Crippen LogP contribution in [0.25, 0.3) is 16.7 Å². The Labute approximate surface area is 187 Å². The molecule has 2 aromatic heterocycles. The number of anilines is 2. The third-order valence-corrected chi connectivity index (χ3v) is 5.19. The van der Waals surface area contributed by atoms with E-state index in [-0.39, 0.29) is 5.91 Å². The van der Waals surface area contributed by atoms with Gasteiger partial charge in [-0.3, -0.25) is 14.8 Å². The second-order valence-electron chi connectivity index (χ2n) is 7.43. The van der Waals surface area contributed by atoms with Crippen molar-refractivity contribution in [3.63, 3.8) is 0 Å². The normalized spacial score (nSPS) is 10.4. The van der Waals surface area contributed by atoms with E-state index < -0.39 is 0 Å². The molecule has 0 fully saturated rings. The minimum atomic E-state index is -0.275. The van der Waals surface area contributed by atoms with Crippen LogP contribution in [0.5, 0.6) is 0 Å². The molecule has 0 aliphatic rings. The van der Waals surface area contributed by atoms with Crippen molar-refractivity contribution in [2.75, 3.05) is 17.7 Å². The molecule has 0 saturated heterocycles. The summed E-state index contributed by atoms with van der Waals surface area (Å²) >= 11 is 0. The summed E-state index contributed by atoms with van der Waals surface area (Å²) in [5.41, 5.74) is 6.72. The molecular formula is C27H24N4O. The summed E-state index contributed by atoms with van der Waals surface area (Å²) in [6, 6.07) is 21.9. The van der Waals surface area contributed by atoms with E-state index in [9.17, 15) is 4.79 Å². The van der Waals surface area contributed by atoms with Crippen LogP contribution in [-0.2, 0) is 11.2 Å². The van der Waals surface area contributed by atoms with Crippen LogP contribution in [0.4, 0.5) is 11.4 Å². The van der Waals surface area contributed by atoms with Gasteiger partial charge in [-0.05, 0) is 47.4 Å². The maximum absolute atomic E-state index is 13.0. The fraction of sp³-hybridized carbons (Fsp3) is 0.0741. The van der Waals surface area contributed by atoms with E-state index in [1.165, 1.54) is 5.56 Å². The Morgan fingerprint density at radius 1 is 0.875 bits per heavy atom. The van der Waals surface area contributed by atoms with Crippen molar-refractivity contribution in [2.24, 2.45) is 0 Å². The van der Waals surface area contributed by atoms with Gasteiger partial charge in [-0.25, -0.2) is 0 Å². The molecule has 0 aliphatic carbocycles. The van der Waals surface area contributed by atoms with Crippen molar-refractivity contribution in [3.05, 3.63) is 115 Å². The average molecular weight is 421 g/mol. The molecule has 0 unspecified atom stereocenters. The summed E-state index contributed by atoms with van der Waals surface area (Å²) in [5, 5.41) is 6.08. The molecular weight excluding hydrogens is 396 g/mol. The monoisotopic (exact) mass is 420 g/mol. The number of pyridine rings is 2. The Bertz CT molecular complexity index is 1240. The summed E-state index contributed by atoms with van der Waals surface area (Å²) in [4.78, 5) is 21.5. The zero-order valence-electron chi connectivity index (χ0n) is 17.9. The molecule has 5 nitrogen and oxygen atoms in total. The van der Waals surface area contributed by atoms with Gasteiger partial charge in [-0.15, -0.1) is 0 Å². The molecule has 1 amide bonds. The van der Waals surface area contributed by atoms with Crippen LogP contribution in [0.3, 0.4) is 0 Å². The second kappa shape index (κ2) is 9.71. The topological polar surface area (TPSA) is 66.9 Å². The first-order chi connectivity index (χ1) is 15.6. The lowest BCUT2D eigenvalue weighted by Crippen LogP contribution is -2.14. The quantitative estimate of drug-likeness (QED) is 0.391. The molecule has 32 heavy (non-hydrogen) atoms. The van der Waals surface area contributed by atoms with Gasteiger partial charge in [0.15, 0.2) is 0 Å². The predicted octanol–water partition coefficient (Wildman–Crippen LogP) is 5.43. The van der Waals surface area contributed by atoms with E-state index in [0.29, 0.717) is 11.3 Å². The van der Waals surface area contributed by atoms with E-state index >= 15 is 0 Å². The van der Waals surface area contributed by atoms with Crippen LogP contribution < -0.4 is 10.6 Å². The molecule has 2 aromatic carbocycles. The lowest BCUT2D eigenvalue weighted by Gasteiger charge is -2.14. The van der Waals surface area contributed by atoms with Crippen molar-refractivity contribution in [1.82, 2.24) is 9.97 Å². The first kappa shape index (κ1) is 21.0. The minimum absolute atomic E-state index is 0.275. The van der Waals surface area contributed by atoms with Crippen LogP contribution in [0.1, 0.15) is 16.7 Å². The van der Waals surface area contributed by atoms with Crippen molar-refractivity contribution in [1.29, 1.82) is 0 Å². The fourth-order valence-corrected chi connectivity index (χ4v) is 3.54. The van der Waals surface area contributed by atoms with Crippen LogP contribution in [-0.4, -0.2) is 22.9 Å². The molecule has 0 atom stereocenters. The number of rotatable bonds is 7. The summed E-state index contributed by atoms with van der Waals surface area (Å²) < 4.78 is 0. The van der Waals surface area contributed by atoms with Gasteiger partial charge in [0.2, 0.25) is 0 Å². The molecule has 0 saturated carbocycles. The summed E-state index contributed by atoms with van der Waals surface area (Å²) in [5.74, 6) is -0.275. The number of amides is 1. The summed E-state index contributed by atoms with van der Waals surface area (Å²) in [7, 11) is 1.82. The Hall–Kier alpha value is -4.25. The highest BCUT2D eigenvalue weighted by Crippen LogP contribution is 2.29. The SMILES string of the molecule is C=C(C(=O)Nc1cncc(Cc2ccccc2)c1)c1cc(-c2cccnc2)ccc1NC. The number of hydrogen-bond acceptors (Lipinski definition) is 4. The summed E-state index contributed by atoms with van der Waals surface area (Å²) in [6.07, 6.45) is 7.73. The Morgan fingerprint density at radius 3 is 2.47 bits per heavy atom. The zero-order valence-corrected chi connectivity index (χ0v) is 17.9. The maximum atomic E-state index is 13.0. The van der Waals surface area contributed by atoms with Crippen LogP contribution in [0.2, 0.25) is 0 Å². The number of carbonyl (C=O) groups is 1. The van der Waals surface area contributed by atoms with Crippen LogP contribution in [0.15, 0.2) is 98.1 Å². The molecule has 0 spiro atoms. The molecule has 5 heteroatoms. The molecule has 0 aliphatic heterocycles.